The maximum atomic E-state index is 11.8. The van der Waals surface area contributed by atoms with Gasteiger partial charge in [0.25, 0.3) is 0 Å². The van der Waals surface area contributed by atoms with Gasteiger partial charge in [0.2, 0.25) is 0 Å². The number of hydrogen-bond donors (Lipinski definition) is 1. The lowest BCUT2D eigenvalue weighted by Crippen LogP contribution is -2.37. The number of nitrogens with one attached hydrogen (secondary N) is 1. The van der Waals surface area contributed by atoms with Gasteiger partial charge >= 0.3 is 12.5 Å². The predicted octanol–water partition coefficient (Wildman–Crippen LogP) is 2.84. The zero-order valence-corrected chi connectivity index (χ0v) is 10.2. The first-order valence-electron chi connectivity index (χ1n) is 5.55. The lowest BCUT2D eigenvalue weighted by Gasteiger charge is -2.15. The Morgan fingerprint density at radius 3 is 2.53 bits per heavy atom. The second-order valence-corrected chi connectivity index (χ2v) is 3.86. The Bertz CT molecular complexity index is 395. The summed E-state index contributed by atoms with van der Waals surface area (Å²) in [5.41, 5.74) is 0.789. The molecule has 0 aliphatic heterocycles. The molecule has 0 aliphatic rings. The third kappa shape index (κ3) is 7.30. The van der Waals surface area contributed by atoms with Crippen LogP contribution in [0.5, 0.6) is 0 Å². The smallest absolute Gasteiger partial charge is 0.445 e. The molecule has 0 spiro atoms. The lowest BCUT2D eigenvalue weighted by molar-refractivity contribution is -0.325. The molecule has 0 aliphatic carbocycles. The zero-order valence-electron chi connectivity index (χ0n) is 10.2. The summed E-state index contributed by atoms with van der Waals surface area (Å²) in [6.07, 6.45) is -5.49. The van der Waals surface area contributed by atoms with Crippen LogP contribution in [-0.4, -0.2) is 25.1 Å². The Labute approximate surface area is 108 Å². The number of alkyl carbamates (subject to hydrolysis) is 1. The van der Waals surface area contributed by atoms with E-state index in [1.54, 1.807) is 24.3 Å². The number of carbonyl (C=O) groups is 1. The monoisotopic (exact) mass is 277 g/mol. The molecule has 1 rings (SSSR count). The zero-order chi connectivity index (χ0) is 14.3. The molecule has 19 heavy (non-hydrogen) atoms. The van der Waals surface area contributed by atoms with Gasteiger partial charge in [-0.05, 0) is 12.5 Å². The van der Waals surface area contributed by atoms with Crippen molar-refractivity contribution in [2.45, 2.75) is 25.9 Å². The van der Waals surface area contributed by atoms with Crippen LogP contribution in [0.3, 0.4) is 0 Å². The third-order valence-corrected chi connectivity index (χ3v) is 2.07. The number of ether oxygens (including phenoxy) is 2. The van der Waals surface area contributed by atoms with Gasteiger partial charge in [-0.15, -0.1) is 13.2 Å². The fourth-order valence-electron chi connectivity index (χ4n) is 1.23. The Balaban J connectivity index is 2.24. The van der Waals surface area contributed by atoms with E-state index in [4.69, 9.17) is 4.74 Å². The molecule has 1 amide bonds. The van der Waals surface area contributed by atoms with Crippen molar-refractivity contribution in [3.05, 3.63) is 35.9 Å². The van der Waals surface area contributed by atoms with Gasteiger partial charge < -0.3 is 10.1 Å². The molecule has 0 heterocycles. The number of carbonyl (C=O) groups excluding carboxylic acids is 1. The minimum atomic E-state index is -4.70. The molecule has 0 bridgehead atoms. The Hall–Kier alpha value is -1.76. The minimum Gasteiger partial charge on any atom is -0.445 e. The first kappa shape index (κ1) is 15.3. The molecule has 1 aromatic rings. The molecule has 0 fully saturated rings. The van der Waals surface area contributed by atoms with Crippen molar-refractivity contribution in [2.75, 3.05) is 6.61 Å². The highest BCUT2D eigenvalue weighted by Gasteiger charge is 2.29. The van der Waals surface area contributed by atoms with Crippen LogP contribution >= 0.6 is 0 Å². The number of rotatable bonds is 5. The highest BCUT2D eigenvalue weighted by Crippen LogP contribution is 2.16. The minimum absolute atomic E-state index is 0.0551. The van der Waals surface area contributed by atoms with E-state index in [0.717, 1.165) is 5.56 Å². The molecule has 1 N–H and O–H groups in total. The summed E-state index contributed by atoms with van der Waals surface area (Å²) < 4.78 is 43.7. The summed E-state index contributed by atoms with van der Waals surface area (Å²) in [5.74, 6) is 0. The van der Waals surface area contributed by atoms with Crippen LogP contribution in [0.25, 0.3) is 0 Å². The molecule has 0 aromatic heterocycles. The summed E-state index contributed by atoms with van der Waals surface area (Å²) >= 11 is 0. The van der Waals surface area contributed by atoms with Gasteiger partial charge in [-0.25, -0.2) is 4.79 Å². The van der Waals surface area contributed by atoms with E-state index in [1.807, 2.05) is 6.07 Å². The van der Waals surface area contributed by atoms with Gasteiger partial charge in [-0.3, -0.25) is 4.74 Å². The molecule has 0 radical (unpaired) electrons. The quantitative estimate of drug-likeness (QED) is 0.900. The van der Waals surface area contributed by atoms with Crippen molar-refractivity contribution < 1.29 is 27.4 Å². The molecule has 1 aromatic carbocycles. The fraction of sp³-hybridized carbons (Fsp3) is 0.417. The van der Waals surface area contributed by atoms with E-state index in [1.165, 1.54) is 6.92 Å². The summed E-state index contributed by atoms with van der Waals surface area (Å²) in [4.78, 5) is 11.3. The molecule has 0 saturated heterocycles. The molecule has 1 atom stereocenters. The van der Waals surface area contributed by atoms with Gasteiger partial charge in [-0.2, -0.15) is 0 Å². The summed E-state index contributed by atoms with van der Waals surface area (Å²) in [5, 5.41) is 2.24. The molecule has 4 nitrogen and oxygen atoms in total. The number of halogens is 3. The van der Waals surface area contributed by atoms with Gasteiger partial charge in [0.05, 0.1) is 12.6 Å². The largest absolute Gasteiger partial charge is 0.522 e. The van der Waals surface area contributed by atoms with Gasteiger partial charge in [0.1, 0.15) is 6.61 Å². The maximum Gasteiger partial charge on any atom is 0.522 e. The SMILES string of the molecule is C[C@H](COC(F)(F)F)NC(=O)OCc1ccccc1. The summed E-state index contributed by atoms with van der Waals surface area (Å²) in [7, 11) is 0. The average molecular weight is 277 g/mol. The number of alkyl halides is 3. The van der Waals surface area contributed by atoms with Crippen LogP contribution < -0.4 is 5.32 Å². The number of amides is 1. The number of hydrogen-bond acceptors (Lipinski definition) is 3. The first-order valence-corrected chi connectivity index (χ1v) is 5.55. The van der Waals surface area contributed by atoms with Crippen molar-refractivity contribution in [3.8, 4) is 0 Å². The molecule has 0 saturated carbocycles. The van der Waals surface area contributed by atoms with Crippen LogP contribution in [0.1, 0.15) is 12.5 Å². The molecule has 0 unspecified atom stereocenters. The van der Waals surface area contributed by atoms with Crippen LogP contribution in [0.15, 0.2) is 30.3 Å². The lowest BCUT2D eigenvalue weighted by atomic mass is 10.2. The summed E-state index contributed by atoms with van der Waals surface area (Å²) in [6, 6.07) is 8.13. The standard InChI is InChI=1S/C12H14F3NO3/c1-9(7-19-12(13,14)15)16-11(17)18-8-10-5-3-2-4-6-10/h2-6,9H,7-8H2,1H3,(H,16,17)/t9-/m1/s1. The van der Waals surface area contributed by atoms with E-state index in [0.29, 0.717) is 0 Å². The Kier molecular flexibility index (Phi) is 5.62. The van der Waals surface area contributed by atoms with Crippen molar-refractivity contribution >= 4 is 6.09 Å². The van der Waals surface area contributed by atoms with Gasteiger partial charge in [0.15, 0.2) is 0 Å². The van der Waals surface area contributed by atoms with E-state index >= 15 is 0 Å². The molecule has 7 heteroatoms. The maximum absolute atomic E-state index is 11.8. The normalized spacial score (nSPS) is 12.8. The molecular weight excluding hydrogens is 263 g/mol. The topological polar surface area (TPSA) is 47.6 Å². The van der Waals surface area contributed by atoms with Crippen LogP contribution in [0.4, 0.5) is 18.0 Å². The van der Waals surface area contributed by atoms with Gasteiger partial charge in [-0.1, -0.05) is 30.3 Å². The van der Waals surface area contributed by atoms with Crippen LogP contribution in [0, 0.1) is 0 Å². The first-order chi connectivity index (χ1) is 8.87. The van der Waals surface area contributed by atoms with Crippen molar-refractivity contribution in [2.24, 2.45) is 0 Å². The molecule has 106 valence electrons. The Morgan fingerprint density at radius 2 is 1.95 bits per heavy atom. The van der Waals surface area contributed by atoms with Gasteiger partial charge in [0, 0.05) is 0 Å². The van der Waals surface area contributed by atoms with Crippen molar-refractivity contribution in [3.63, 3.8) is 0 Å². The fourth-order valence-corrected chi connectivity index (χ4v) is 1.23. The summed E-state index contributed by atoms with van der Waals surface area (Å²) in [6.45, 7) is 0.777. The van der Waals surface area contributed by atoms with E-state index in [2.05, 4.69) is 10.1 Å². The third-order valence-electron chi connectivity index (χ3n) is 2.07. The predicted molar refractivity (Wildman–Crippen MR) is 61.2 cm³/mol. The van der Waals surface area contributed by atoms with E-state index in [-0.39, 0.29) is 6.61 Å². The second kappa shape index (κ2) is 6.98. The Morgan fingerprint density at radius 1 is 1.32 bits per heavy atom. The van der Waals surface area contributed by atoms with Crippen molar-refractivity contribution in [1.82, 2.24) is 5.32 Å². The van der Waals surface area contributed by atoms with Crippen LogP contribution in [0.2, 0.25) is 0 Å². The highest BCUT2D eigenvalue weighted by molar-refractivity contribution is 5.67. The highest BCUT2D eigenvalue weighted by atomic mass is 19.4. The van der Waals surface area contributed by atoms with Crippen molar-refractivity contribution in [1.29, 1.82) is 0 Å². The van der Waals surface area contributed by atoms with E-state index in [9.17, 15) is 18.0 Å². The second-order valence-electron chi connectivity index (χ2n) is 3.86. The molecular formula is C12H14F3NO3. The number of benzene rings is 1. The average Bonchev–Trinajstić information content (AvgIpc) is 2.34. The van der Waals surface area contributed by atoms with E-state index < -0.39 is 25.1 Å². The van der Waals surface area contributed by atoms with Crippen LogP contribution in [-0.2, 0) is 16.1 Å².